The van der Waals surface area contributed by atoms with Crippen LogP contribution < -0.4 is 10.2 Å². The molecule has 1 N–H and O–H groups in total. The number of anilines is 2. The molecule has 0 spiro atoms. The Morgan fingerprint density at radius 1 is 1.27 bits per heavy atom. The van der Waals surface area contributed by atoms with E-state index in [4.69, 9.17) is 0 Å². The highest BCUT2D eigenvalue weighted by atomic mass is 32.1. The second kappa shape index (κ2) is 7.86. The first kappa shape index (κ1) is 20.6. The van der Waals surface area contributed by atoms with Crippen LogP contribution in [0.25, 0.3) is 10.2 Å². The molecule has 1 amide bonds. The van der Waals surface area contributed by atoms with E-state index in [2.05, 4.69) is 27.1 Å². The molecular weight excluding hydrogens is 413 g/mol. The van der Waals surface area contributed by atoms with Crippen LogP contribution in [0.15, 0.2) is 30.6 Å². The first-order valence-electron chi connectivity index (χ1n) is 9.72. The number of fused-ring (bicyclic) bond motifs is 1. The van der Waals surface area contributed by atoms with Gasteiger partial charge in [0.25, 0.3) is 5.91 Å². The molecule has 3 aromatic rings. The maximum absolute atomic E-state index is 13.3. The van der Waals surface area contributed by atoms with Crippen molar-refractivity contribution in [3.63, 3.8) is 0 Å². The maximum Gasteiger partial charge on any atom is 0.418 e. The summed E-state index contributed by atoms with van der Waals surface area (Å²) < 4.78 is 40.0. The van der Waals surface area contributed by atoms with Crippen molar-refractivity contribution < 1.29 is 18.0 Å². The number of hydrogen-bond acceptors (Lipinski definition) is 5. The number of hydrogen-bond donors (Lipinski definition) is 1. The molecule has 1 aromatic carbocycles. The molecule has 1 atom stereocenters. The Balaban J connectivity index is 1.76. The number of nitrogens with one attached hydrogen (secondary N) is 1. The second-order valence-corrected chi connectivity index (χ2v) is 8.80. The zero-order chi connectivity index (χ0) is 21.5. The third-order valence-electron chi connectivity index (χ3n) is 5.31. The minimum Gasteiger partial charge on any atom is -0.356 e. The molecule has 1 fully saturated rings. The SMILES string of the molecule is Cc1sc2ncnc(N3CCC[C@H](C)C3)c2c1C(=O)Nc1ccccc1C(F)(F)F. The molecule has 30 heavy (non-hydrogen) atoms. The second-order valence-electron chi connectivity index (χ2n) is 7.60. The van der Waals surface area contributed by atoms with Crippen LogP contribution in [-0.4, -0.2) is 29.0 Å². The van der Waals surface area contributed by atoms with E-state index < -0.39 is 17.6 Å². The summed E-state index contributed by atoms with van der Waals surface area (Å²) in [5.41, 5.74) is -0.809. The van der Waals surface area contributed by atoms with Crippen molar-refractivity contribution in [3.8, 4) is 0 Å². The summed E-state index contributed by atoms with van der Waals surface area (Å²) >= 11 is 1.35. The number of carbonyl (C=O) groups excluding carboxylic acids is 1. The van der Waals surface area contributed by atoms with Crippen LogP contribution >= 0.6 is 11.3 Å². The fourth-order valence-corrected chi connectivity index (χ4v) is 4.93. The third kappa shape index (κ3) is 3.86. The number of rotatable bonds is 3. The number of nitrogens with zero attached hydrogens (tertiary/aromatic N) is 3. The normalized spacial score (nSPS) is 17.4. The standard InChI is InChI=1S/C21H21F3N4OS/c1-12-6-5-9-28(10-12)18-17-16(13(2)30-20(17)26-11-25-18)19(29)27-15-8-4-3-7-14(15)21(22,23)24/h3-4,7-8,11-12H,5-6,9-10H2,1-2H3,(H,27,29)/t12-/m0/s1. The molecule has 0 aliphatic carbocycles. The Labute approximate surface area is 175 Å². The van der Waals surface area contributed by atoms with Crippen molar-refractivity contribution in [3.05, 3.63) is 46.6 Å². The van der Waals surface area contributed by atoms with Crippen molar-refractivity contribution in [2.75, 3.05) is 23.3 Å². The maximum atomic E-state index is 13.3. The first-order chi connectivity index (χ1) is 14.3. The Morgan fingerprint density at radius 3 is 2.77 bits per heavy atom. The molecule has 5 nitrogen and oxygen atoms in total. The Bertz CT molecular complexity index is 1100. The first-order valence-corrected chi connectivity index (χ1v) is 10.5. The lowest BCUT2D eigenvalue weighted by atomic mass is 10.00. The number of para-hydroxylation sites is 1. The van der Waals surface area contributed by atoms with Crippen molar-refractivity contribution in [2.45, 2.75) is 32.9 Å². The lowest BCUT2D eigenvalue weighted by molar-refractivity contribution is -0.136. The zero-order valence-electron chi connectivity index (χ0n) is 16.6. The van der Waals surface area contributed by atoms with Gasteiger partial charge in [-0.15, -0.1) is 11.3 Å². The van der Waals surface area contributed by atoms with Gasteiger partial charge in [0.05, 0.1) is 22.2 Å². The van der Waals surface area contributed by atoms with Gasteiger partial charge in [0.2, 0.25) is 0 Å². The van der Waals surface area contributed by atoms with Crippen LogP contribution in [0.1, 0.15) is 40.6 Å². The molecule has 1 aliphatic rings. The molecule has 9 heteroatoms. The van der Waals surface area contributed by atoms with E-state index in [9.17, 15) is 18.0 Å². The Kier molecular flexibility index (Phi) is 5.40. The summed E-state index contributed by atoms with van der Waals surface area (Å²) in [4.78, 5) is 25.4. The molecule has 3 heterocycles. The summed E-state index contributed by atoms with van der Waals surface area (Å²) in [5.74, 6) is 0.584. The fraction of sp³-hybridized carbons (Fsp3) is 0.381. The number of aromatic nitrogens is 2. The highest BCUT2D eigenvalue weighted by molar-refractivity contribution is 7.19. The van der Waals surface area contributed by atoms with Crippen molar-refractivity contribution in [2.24, 2.45) is 5.92 Å². The molecule has 1 saturated heterocycles. The van der Waals surface area contributed by atoms with Gasteiger partial charge < -0.3 is 10.2 Å². The van der Waals surface area contributed by atoms with Gasteiger partial charge in [0.1, 0.15) is 17.0 Å². The highest BCUT2D eigenvalue weighted by Gasteiger charge is 2.34. The zero-order valence-corrected chi connectivity index (χ0v) is 17.4. The molecule has 158 valence electrons. The number of piperidine rings is 1. The number of halogens is 3. The smallest absolute Gasteiger partial charge is 0.356 e. The monoisotopic (exact) mass is 434 g/mol. The van der Waals surface area contributed by atoms with Crippen LogP contribution in [0, 0.1) is 12.8 Å². The summed E-state index contributed by atoms with van der Waals surface area (Å²) in [7, 11) is 0. The van der Waals surface area contributed by atoms with E-state index in [0.29, 0.717) is 32.4 Å². The van der Waals surface area contributed by atoms with Gasteiger partial charge in [0.15, 0.2) is 0 Å². The fourth-order valence-electron chi connectivity index (χ4n) is 3.95. The molecule has 0 radical (unpaired) electrons. The van der Waals surface area contributed by atoms with E-state index in [1.807, 2.05) is 0 Å². The molecule has 0 unspecified atom stereocenters. The Hall–Kier alpha value is -2.68. The number of carbonyl (C=O) groups is 1. The van der Waals surface area contributed by atoms with E-state index in [1.165, 1.54) is 35.9 Å². The molecule has 1 aliphatic heterocycles. The van der Waals surface area contributed by atoms with E-state index in [1.54, 1.807) is 6.92 Å². The van der Waals surface area contributed by atoms with Crippen LogP contribution in [0.4, 0.5) is 24.7 Å². The van der Waals surface area contributed by atoms with Crippen molar-refractivity contribution in [1.82, 2.24) is 9.97 Å². The number of aryl methyl sites for hydroxylation is 1. The van der Waals surface area contributed by atoms with Crippen LogP contribution in [0.2, 0.25) is 0 Å². The highest BCUT2D eigenvalue weighted by Crippen LogP contribution is 2.38. The quantitative estimate of drug-likeness (QED) is 0.591. The van der Waals surface area contributed by atoms with E-state index >= 15 is 0 Å². The number of alkyl halides is 3. The Morgan fingerprint density at radius 2 is 2.03 bits per heavy atom. The average Bonchev–Trinajstić information content (AvgIpc) is 3.03. The third-order valence-corrected chi connectivity index (χ3v) is 6.32. The van der Waals surface area contributed by atoms with Crippen molar-refractivity contribution in [1.29, 1.82) is 0 Å². The molecule has 0 saturated carbocycles. The predicted octanol–water partition coefficient (Wildman–Crippen LogP) is 5.51. The summed E-state index contributed by atoms with van der Waals surface area (Å²) in [6.07, 6.45) is -0.924. The van der Waals surface area contributed by atoms with Crippen LogP contribution in [-0.2, 0) is 6.18 Å². The minimum atomic E-state index is -4.56. The number of amides is 1. The lowest BCUT2D eigenvalue weighted by Crippen LogP contribution is -2.35. The number of benzene rings is 1. The van der Waals surface area contributed by atoms with Gasteiger partial charge in [-0.05, 0) is 37.8 Å². The van der Waals surface area contributed by atoms with Crippen molar-refractivity contribution >= 4 is 39.0 Å². The average molecular weight is 434 g/mol. The summed E-state index contributed by atoms with van der Waals surface area (Å²) in [5, 5.41) is 3.07. The molecular formula is C21H21F3N4OS. The van der Waals surface area contributed by atoms with Gasteiger partial charge in [-0.3, -0.25) is 4.79 Å². The van der Waals surface area contributed by atoms with Gasteiger partial charge in [-0.25, -0.2) is 9.97 Å². The van der Waals surface area contributed by atoms with Crippen LogP contribution in [0.3, 0.4) is 0 Å². The molecule has 4 rings (SSSR count). The van der Waals surface area contributed by atoms with Gasteiger partial charge in [0, 0.05) is 18.0 Å². The van der Waals surface area contributed by atoms with E-state index in [-0.39, 0.29) is 5.69 Å². The van der Waals surface area contributed by atoms with Gasteiger partial charge in [-0.1, -0.05) is 19.1 Å². The largest absolute Gasteiger partial charge is 0.418 e. The molecule has 0 bridgehead atoms. The summed E-state index contributed by atoms with van der Waals surface area (Å²) in [6.45, 7) is 5.59. The minimum absolute atomic E-state index is 0.265. The van der Waals surface area contributed by atoms with E-state index in [0.717, 1.165) is 32.0 Å². The van der Waals surface area contributed by atoms with Crippen LogP contribution in [0.5, 0.6) is 0 Å². The number of thiophene rings is 1. The topological polar surface area (TPSA) is 58.1 Å². The molecule has 2 aromatic heterocycles. The lowest BCUT2D eigenvalue weighted by Gasteiger charge is -2.32. The van der Waals surface area contributed by atoms with Gasteiger partial charge in [-0.2, -0.15) is 13.2 Å². The van der Waals surface area contributed by atoms with Gasteiger partial charge >= 0.3 is 6.18 Å². The predicted molar refractivity (Wildman–Crippen MR) is 112 cm³/mol. The summed E-state index contributed by atoms with van der Waals surface area (Å²) in [6, 6.07) is 4.98.